The number of amides is 1. The zero-order valence-electron chi connectivity index (χ0n) is 12.5. The predicted octanol–water partition coefficient (Wildman–Crippen LogP) is 4.17. The summed E-state index contributed by atoms with van der Waals surface area (Å²) in [5.74, 6) is 0.951. The van der Waals surface area contributed by atoms with Gasteiger partial charge in [-0.25, -0.2) is 0 Å². The minimum atomic E-state index is -0.116. The molecular formula is C15H23IN2O2S. The lowest BCUT2D eigenvalue weighted by Crippen LogP contribution is -2.39. The van der Waals surface area contributed by atoms with Gasteiger partial charge in [0.05, 0.1) is 21.9 Å². The van der Waals surface area contributed by atoms with Gasteiger partial charge in [-0.1, -0.05) is 45.4 Å². The molecule has 21 heavy (non-hydrogen) atoms. The minimum absolute atomic E-state index is 0.116. The number of unbranched alkanes of at least 4 members (excludes halogenated alkanes) is 1. The van der Waals surface area contributed by atoms with Crippen molar-refractivity contribution in [3.63, 3.8) is 0 Å². The van der Waals surface area contributed by atoms with Crippen molar-refractivity contribution in [1.82, 2.24) is 10.2 Å². The Bertz CT molecular complexity index is 410. The minimum Gasteiger partial charge on any atom is -0.328 e. The highest BCUT2D eigenvalue weighted by Gasteiger charge is 2.26. The lowest BCUT2D eigenvalue weighted by Gasteiger charge is -2.31. The highest BCUT2D eigenvalue weighted by molar-refractivity contribution is 14.2. The van der Waals surface area contributed by atoms with E-state index in [0.29, 0.717) is 11.7 Å². The van der Waals surface area contributed by atoms with Crippen molar-refractivity contribution in [2.45, 2.75) is 39.2 Å². The van der Waals surface area contributed by atoms with Crippen LogP contribution in [0.2, 0.25) is 0 Å². The van der Waals surface area contributed by atoms with Crippen LogP contribution in [0, 0.1) is 5.92 Å². The molecule has 1 amide bonds. The molecule has 0 aromatic rings. The lowest BCUT2D eigenvalue weighted by atomic mass is 10.1. The van der Waals surface area contributed by atoms with E-state index in [1.54, 1.807) is 6.20 Å². The monoisotopic (exact) mass is 422 g/mol. The third-order valence-corrected chi connectivity index (χ3v) is 4.29. The molecule has 1 aliphatic heterocycles. The molecule has 2 atom stereocenters. The van der Waals surface area contributed by atoms with Gasteiger partial charge in [0, 0.05) is 39.4 Å². The number of halogens is 1. The van der Waals surface area contributed by atoms with Gasteiger partial charge in [-0.05, 0) is 6.42 Å². The third-order valence-electron chi connectivity index (χ3n) is 3.30. The van der Waals surface area contributed by atoms with Gasteiger partial charge in [0.15, 0.2) is 0 Å². The molecule has 0 saturated carbocycles. The quantitative estimate of drug-likeness (QED) is 0.410. The molecule has 2 aliphatic rings. The van der Waals surface area contributed by atoms with Crippen molar-refractivity contribution in [2.75, 3.05) is 6.61 Å². The van der Waals surface area contributed by atoms with E-state index in [4.69, 9.17) is 4.18 Å². The van der Waals surface area contributed by atoms with Gasteiger partial charge in [0.2, 0.25) is 0 Å². The Hall–Kier alpha value is -0.470. The van der Waals surface area contributed by atoms with E-state index in [-0.39, 0.29) is 11.9 Å². The van der Waals surface area contributed by atoms with Gasteiger partial charge in [-0.3, -0.25) is 4.79 Å². The molecule has 0 spiro atoms. The zero-order valence-corrected chi connectivity index (χ0v) is 15.5. The van der Waals surface area contributed by atoms with Crippen LogP contribution in [0.4, 0.5) is 0 Å². The average Bonchev–Trinajstić information content (AvgIpc) is 2.94. The maximum absolute atomic E-state index is 11.1. The van der Waals surface area contributed by atoms with Crippen molar-refractivity contribution in [3.05, 3.63) is 36.8 Å². The first kappa shape index (κ1) is 18.6. The van der Waals surface area contributed by atoms with Crippen LogP contribution < -0.4 is 5.32 Å². The van der Waals surface area contributed by atoms with E-state index in [9.17, 15) is 4.79 Å². The molecule has 0 fully saturated rings. The molecule has 0 aromatic heterocycles. The largest absolute Gasteiger partial charge is 0.328 e. The summed E-state index contributed by atoms with van der Waals surface area (Å²) in [6.45, 7) is 8.93. The Kier molecular flexibility index (Phi) is 9.10. The topological polar surface area (TPSA) is 41.6 Å². The van der Waals surface area contributed by atoms with Crippen molar-refractivity contribution in [2.24, 2.45) is 5.92 Å². The van der Waals surface area contributed by atoms with E-state index in [0.717, 1.165) is 13.0 Å². The molecule has 1 aliphatic carbocycles. The van der Waals surface area contributed by atoms with E-state index in [2.05, 4.69) is 59.1 Å². The molecule has 0 saturated heterocycles. The van der Waals surface area contributed by atoms with Gasteiger partial charge in [0.25, 0.3) is 5.91 Å². The molecular weight excluding hydrogens is 399 g/mol. The first-order valence-electron chi connectivity index (χ1n) is 7.17. The number of carbonyl (C=O) groups is 1. The van der Waals surface area contributed by atoms with Gasteiger partial charge in [-0.15, -0.1) is 0 Å². The predicted molar refractivity (Wildman–Crippen MR) is 97.4 cm³/mol. The van der Waals surface area contributed by atoms with Gasteiger partial charge < -0.3 is 14.4 Å². The van der Waals surface area contributed by atoms with Crippen LogP contribution in [0.15, 0.2) is 36.8 Å². The summed E-state index contributed by atoms with van der Waals surface area (Å²) >= 11 is 2.12. The summed E-state index contributed by atoms with van der Waals surface area (Å²) in [7, 11) is 1.36. The van der Waals surface area contributed by atoms with Crippen molar-refractivity contribution in [3.8, 4) is 0 Å². The van der Waals surface area contributed by atoms with E-state index < -0.39 is 0 Å². The maximum Gasteiger partial charge on any atom is 0.250 e. The highest BCUT2D eigenvalue weighted by Crippen LogP contribution is 2.27. The Morgan fingerprint density at radius 2 is 2.19 bits per heavy atom. The summed E-state index contributed by atoms with van der Waals surface area (Å²) in [5, 5.41) is 2.70. The van der Waals surface area contributed by atoms with Crippen molar-refractivity contribution < 1.29 is 8.98 Å². The Morgan fingerprint density at radius 1 is 1.48 bits per heavy atom. The van der Waals surface area contributed by atoms with E-state index in [1.165, 1.54) is 28.1 Å². The smallest absolute Gasteiger partial charge is 0.250 e. The van der Waals surface area contributed by atoms with Crippen molar-refractivity contribution >= 4 is 36.3 Å². The highest BCUT2D eigenvalue weighted by atomic mass is 127. The Labute approximate surface area is 143 Å². The molecule has 0 aromatic carbocycles. The normalized spacial score (nSPS) is 23.9. The number of carbonyl (C=O) groups excluding carboxylic acids is 1. The molecule has 0 radical (unpaired) electrons. The summed E-state index contributed by atoms with van der Waals surface area (Å²) < 4.78 is 5.32. The van der Waals surface area contributed by atoms with Crippen LogP contribution in [0.5, 0.6) is 0 Å². The summed E-state index contributed by atoms with van der Waals surface area (Å²) in [4.78, 5) is 13.1. The average molecular weight is 422 g/mol. The number of nitrogens with one attached hydrogen (secondary N) is 1. The van der Waals surface area contributed by atoms with Crippen LogP contribution in [-0.2, 0) is 8.98 Å². The number of rotatable bonds is 5. The number of nitrogens with zero attached hydrogens (tertiary/aromatic N) is 1. The first-order chi connectivity index (χ1) is 10.1. The van der Waals surface area contributed by atoms with E-state index in [1.807, 2.05) is 4.90 Å². The third kappa shape index (κ3) is 6.44. The molecule has 4 nitrogen and oxygen atoms in total. The molecule has 1 N–H and O–H groups in total. The number of hydrogen-bond acceptors (Lipinski definition) is 4. The molecule has 1 heterocycles. The standard InChI is InChI=1S/C11H13IN2O2S.C4H10/c1-8-13-11(15)4-5-14(8)10-3-2-9(6-10)7-16-17-12;1-3-4-2/h2-5,9-10H,1,6-7H2,(H,13,15);3-4H2,1-2H3. The van der Waals surface area contributed by atoms with Gasteiger partial charge in [-0.2, -0.15) is 0 Å². The second kappa shape index (κ2) is 10.3. The second-order valence-corrected chi connectivity index (χ2v) is 6.39. The van der Waals surface area contributed by atoms with Crippen molar-refractivity contribution in [1.29, 1.82) is 0 Å². The summed E-state index contributed by atoms with van der Waals surface area (Å²) in [6, 6.07) is 0.257. The van der Waals surface area contributed by atoms with Crippen LogP contribution in [0.1, 0.15) is 33.1 Å². The van der Waals surface area contributed by atoms with Gasteiger partial charge >= 0.3 is 0 Å². The van der Waals surface area contributed by atoms with Crippen LogP contribution in [0.3, 0.4) is 0 Å². The fourth-order valence-electron chi connectivity index (χ4n) is 1.99. The SMILES string of the molecule is C=C1NC(=O)C=CN1C1C=CC(COSI)C1.CCCC. The number of hydrogen-bond donors (Lipinski definition) is 1. The van der Waals surface area contributed by atoms with Crippen LogP contribution in [-0.4, -0.2) is 23.5 Å². The fourth-order valence-corrected chi connectivity index (χ4v) is 2.66. The molecule has 118 valence electrons. The summed E-state index contributed by atoms with van der Waals surface area (Å²) in [5.41, 5.74) is 0. The Balaban J connectivity index is 0.000000491. The van der Waals surface area contributed by atoms with E-state index >= 15 is 0 Å². The summed E-state index contributed by atoms with van der Waals surface area (Å²) in [6.07, 6.45) is 11.2. The second-order valence-electron chi connectivity index (χ2n) is 4.95. The Morgan fingerprint density at radius 3 is 2.76 bits per heavy atom. The fraction of sp³-hybridized carbons (Fsp3) is 0.533. The molecule has 2 rings (SSSR count). The molecule has 2 unspecified atom stereocenters. The lowest BCUT2D eigenvalue weighted by molar-refractivity contribution is -0.116. The molecule has 6 heteroatoms. The first-order valence-corrected chi connectivity index (χ1v) is 10.5. The maximum atomic E-state index is 11.1. The van der Waals surface area contributed by atoms with Crippen LogP contribution in [0.25, 0.3) is 0 Å². The van der Waals surface area contributed by atoms with Crippen LogP contribution >= 0.6 is 30.4 Å². The zero-order chi connectivity index (χ0) is 15.7. The van der Waals surface area contributed by atoms with Gasteiger partial charge in [0.1, 0.15) is 5.82 Å². The molecule has 0 bridgehead atoms.